The summed E-state index contributed by atoms with van der Waals surface area (Å²) in [5.74, 6) is 0. The lowest BCUT2D eigenvalue weighted by Gasteiger charge is -1.91. The molecule has 11 heavy (non-hydrogen) atoms. The number of aromatic amines is 1. The summed E-state index contributed by atoms with van der Waals surface area (Å²) < 4.78 is 0. The summed E-state index contributed by atoms with van der Waals surface area (Å²) in [6.45, 7) is 0. The quantitative estimate of drug-likeness (QED) is 0.400. The van der Waals surface area contributed by atoms with E-state index in [1.165, 1.54) is 0 Å². The fourth-order valence-corrected chi connectivity index (χ4v) is 1.26. The molecule has 0 saturated carbocycles. The minimum Gasteiger partial charge on any atom is -0.388 e. The van der Waals surface area contributed by atoms with Crippen molar-refractivity contribution in [3.05, 3.63) is 11.9 Å². The zero-order chi connectivity index (χ0) is 8.27. The van der Waals surface area contributed by atoms with Gasteiger partial charge >= 0.3 is 0 Å². The molecule has 0 unspecified atom stereocenters. The highest BCUT2D eigenvalue weighted by molar-refractivity contribution is 8.03. The number of hydrogen-bond donors (Lipinski definition) is 2. The minimum atomic E-state index is 0.198. The van der Waals surface area contributed by atoms with Gasteiger partial charge < -0.3 is 5.73 Å². The molecule has 0 amide bonds. The van der Waals surface area contributed by atoms with E-state index in [1.54, 1.807) is 6.20 Å². The van der Waals surface area contributed by atoms with Crippen molar-refractivity contribution in [2.45, 2.75) is 4.90 Å². The Hall–Kier alpha value is -1.06. The molecule has 0 atom stereocenters. The molecule has 4 nitrogen and oxygen atoms in total. The fourth-order valence-electron chi connectivity index (χ4n) is 0.582. The number of thiocarbonyl (C=S) groups is 1. The maximum absolute atomic E-state index is 8.33. The lowest BCUT2D eigenvalue weighted by molar-refractivity contribution is 1.08. The zero-order valence-electron chi connectivity index (χ0n) is 5.37. The van der Waals surface area contributed by atoms with Crippen LogP contribution in [-0.4, -0.2) is 15.2 Å². The van der Waals surface area contributed by atoms with Crippen LogP contribution in [0.15, 0.2) is 11.1 Å². The van der Waals surface area contributed by atoms with E-state index in [0.29, 0.717) is 10.6 Å². The normalized spacial score (nSPS) is 9.00. The van der Waals surface area contributed by atoms with E-state index in [4.69, 9.17) is 11.0 Å². The maximum Gasteiger partial charge on any atom is 0.138 e. The van der Waals surface area contributed by atoms with E-state index in [-0.39, 0.29) is 4.99 Å². The molecule has 1 aromatic rings. The van der Waals surface area contributed by atoms with Crippen LogP contribution in [0.5, 0.6) is 0 Å². The molecule has 0 bridgehead atoms. The van der Waals surface area contributed by atoms with Gasteiger partial charge in [-0.3, -0.25) is 5.10 Å². The second-order valence-corrected chi connectivity index (χ2v) is 2.92. The third-order valence-corrected chi connectivity index (χ3v) is 1.81. The zero-order valence-corrected chi connectivity index (χ0v) is 7.00. The van der Waals surface area contributed by atoms with E-state index in [0.717, 1.165) is 11.8 Å². The van der Waals surface area contributed by atoms with Crippen molar-refractivity contribution >= 4 is 29.0 Å². The number of hydrogen-bond acceptors (Lipinski definition) is 4. The predicted octanol–water partition coefficient (Wildman–Crippen LogP) is 0.617. The highest BCUT2D eigenvalue weighted by Crippen LogP contribution is 2.18. The van der Waals surface area contributed by atoms with Crippen molar-refractivity contribution in [3.8, 4) is 5.40 Å². The summed E-state index contributed by atoms with van der Waals surface area (Å²) in [4.78, 5) is 0.865. The van der Waals surface area contributed by atoms with Crippen LogP contribution in [0.1, 0.15) is 5.69 Å². The summed E-state index contributed by atoms with van der Waals surface area (Å²) in [6.07, 6.45) is 1.59. The smallest absolute Gasteiger partial charge is 0.138 e. The SMILES string of the molecule is N#CSc1c[nH]nc1C(N)=S. The first kappa shape index (κ1) is 8.04. The lowest BCUT2D eigenvalue weighted by Crippen LogP contribution is -2.10. The molecule has 0 saturated heterocycles. The Morgan fingerprint density at radius 1 is 1.91 bits per heavy atom. The van der Waals surface area contributed by atoms with Gasteiger partial charge in [0.2, 0.25) is 0 Å². The van der Waals surface area contributed by atoms with Crippen molar-refractivity contribution in [1.29, 1.82) is 5.26 Å². The van der Waals surface area contributed by atoms with Gasteiger partial charge in [0.05, 0.1) is 4.90 Å². The average Bonchev–Trinajstić information content (AvgIpc) is 2.36. The van der Waals surface area contributed by atoms with Gasteiger partial charge in [0.25, 0.3) is 0 Å². The number of nitrogens with one attached hydrogen (secondary N) is 1. The third kappa shape index (κ3) is 1.69. The van der Waals surface area contributed by atoms with Gasteiger partial charge in [0, 0.05) is 6.20 Å². The maximum atomic E-state index is 8.33. The highest BCUT2D eigenvalue weighted by Gasteiger charge is 2.07. The van der Waals surface area contributed by atoms with Gasteiger partial charge in [-0.05, 0) is 11.8 Å². The van der Waals surface area contributed by atoms with Crippen molar-refractivity contribution in [2.75, 3.05) is 0 Å². The van der Waals surface area contributed by atoms with Gasteiger partial charge in [-0.25, -0.2) is 0 Å². The minimum absolute atomic E-state index is 0.198. The van der Waals surface area contributed by atoms with Crippen LogP contribution in [0.25, 0.3) is 0 Å². The number of thiocyanates is 1. The number of nitrogens with two attached hydrogens (primary N) is 1. The number of nitriles is 1. The number of thioether (sulfide) groups is 1. The van der Waals surface area contributed by atoms with Crippen LogP contribution >= 0.6 is 24.0 Å². The summed E-state index contributed by atoms with van der Waals surface area (Å²) in [7, 11) is 0. The third-order valence-electron chi connectivity index (χ3n) is 0.994. The van der Waals surface area contributed by atoms with Crippen LogP contribution in [0.2, 0.25) is 0 Å². The van der Waals surface area contributed by atoms with E-state index in [9.17, 15) is 0 Å². The first-order valence-electron chi connectivity index (χ1n) is 2.65. The molecule has 0 spiro atoms. The first-order valence-corrected chi connectivity index (χ1v) is 3.87. The first-order chi connectivity index (χ1) is 5.25. The molecule has 56 valence electrons. The summed E-state index contributed by atoms with van der Waals surface area (Å²) in [5.41, 5.74) is 5.79. The van der Waals surface area contributed by atoms with E-state index in [1.807, 2.05) is 5.40 Å². The monoisotopic (exact) mass is 184 g/mol. The van der Waals surface area contributed by atoms with E-state index in [2.05, 4.69) is 22.4 Å². The molecule has 6 heteroatoms. The Balaban J connectivity index is 2.98. The number of nitrogens with zero attached hydrogens (tertiary/aromatic N) is 2. The van der Waals surface area contributed by atoms with Gasteiger partial charge in [-0.2, -0.15) is 10.4 Å². The van der Waals surface area contributed by atoms with Crippen LogP contribution in [-0.2, 0) is 0 Å². The number of aromatic nitrogens is 2. The van der Waals surface area contributed by atoms with Gasteiger partial charge in [0.15, 0.2) is 0 Å². The van der Waals surface area contributed by atoms with Crippen LogP contribution in [0.4, 0.5) is 0 Å². The Bertz CT molecular complexity index is 311. The number of H-pyrrole nitrogens is 1. The summed E-state index contributed by atoms with van der Waals surface area (Å²) >= 11 is 5.67. The molecule has 0 aromatic carbocycles. The highest BCUT2D eigenvalue weighted by atomic mass is 32.2. The van der Waals surface area contributed by atoms with E-state index >= 15 is 0 Å². The molecular formula is C5H4N4S2. The molecule has 1 heterocycles. The van der Waals surface area contributed by atoms with Crippen molar-refractivity contribution in [2.24, 2.45) is 5.73 Å². The molecule has 0 fully saturated rings. The fraction of sp³-hybridized carbons (Fsp3) is 0. The molecule has 0 aliphatic carbocycles. The number of rotatable bonds is 2. The largest absolute Gasteiger partial charge is 0.388 e. The molecule has 0 radical (unpaired) electrons. The van der Waals surface area contributed by atoms with Gasteiger partial charge in [-0.15, -0.1) is 0 Å². The summed E-state index contributed by atoms with van der Waals surface area (Å²) in [5, 5.41) is 16.6. The van der Waals surface area contributed by atoms with Crippen LogP contribution in [0, 0.1) is 10.7 Å². The Labute approximate surface area is 72.8 Å². The molecule has 0 aliphatic heterocycles. The molecule has 3 N–H and O–H groups in total. The molecule has 1 aromatic heterocycles. The van der Waals surface area contributed by atoms with Gasteiger partial charge in [-0.1, -0.05) is 12.2 Å². The van der Waals surface area contributed by atoms with Gasteiger partial charge in [0.1, 0.15) is 16.1 Å². The van der Waals surface area contributed by atoms with E-state index < -0.39 is 0 Å². The van der Waals surface area contributed by atoms with Crippen molar-refractivity contribution in [3.63, 3.8) is 0 Å². The van der Waals surface area contributed by atoms with Crippen LogP contribution in [0.3, 0.4) is 0 Å². The average molecular weight is 184 g/mol. The Morgan fingerprint density at radius 3 is 3.18 bits per heavy atom. The Morgan fingerprint density at radius 2 is 2.64 bits per heavy atom. The topological polar surface area (TPSA) is 78.5 Å². The second-order valence-electron chi connectivity index (χ2n) is 1.66. The summed E-state index contributed by atoms with van der Waals surface area (Å²) in [6, 6.07) is 0. The Kier molecular flexibility index (Phi) is 2.46. The van der Waals surface area contributed by atoms with Crippen LogP contribution < -0.4 is 5.73 Å². The van der Waals surface area contributed by atoms with Crippen molar-refractivity contribution in [1.82, 2.24) is 10.2 Å². The standard InChI is InChI=1S/C5H4N4S2/c6-2-11-3-1-8-9-4(3)5(7)10/h1H,(H2,7,10)(H,8,9). The second kappa shape index (κ2) is 3.37. The lowest BCUT2D eigenvalue weighted by atomic mass is 10.4. The molecule has 1 rings (SSSR count). The molecular weight excluding hydrogens is 180 g/mol. The predicted molar refractivity (Wildman–Crippen MR) is 45.9 cm³/mol. The van der Waals surface area contributed by atoms with Crippen molar-refractivity contribution < 1.29 is 0 Å². The molecule has 0 aliphatic rings.